The van der Waals surface area contributed by atoms with Crippen molar-refractivity contribution in [2.75, 3.05) is 5.32 Å². The number of rotatable bonds is 6. The molecule has 0 saturated heterocycles. The normalized spacial score (nSPS) is 12.5. The smallest absolute Gasteiger partial charge is 0.387 e. The molecule has 1 N–H and O–H groups in total. The standard InChI is InChI=1S/C16H19F2N3O2/c1-10(2)11(3)21-14(8-9-19-21)20-15(22)12-6-4-5-7-13(12)23-16(17)18/h4-11,16H,1-3H3,(H,20,22). The highest BCUT2D eigenvalue weighted by atomic mass is 19.3. The van der Waals surface area contributed by atoms with Gasteiger partial charge in [-0.25, -0.2) is 4.68 Å². The summed E-state index contributed by atoms with van der Waals surface area (Å²) in [4.78, 5) is 12.4. The average molecular weight is 323 g/mol. The van der Waals surface area contributed by atoms with Crippen LogP contribution in [0.4, 0.5) is 14.6 Å². The zero-order valence-corrected chi connectivity index (χ0v) is 13.2. The van der Waals surface area contributed by atoms with E-state index in [-0.39, 0.29) is 17.4 Å². The van der Waals surface area contributed by atoms with Gasteiger partial charge in [0.2, 0.25) is 0 Å². The maximum absolute atomic E-state index is 12.4. The summed E-state index contributed by atoms with van der Waals surface area (Å²) in [6, 6.07) is 7.61. The van der Waals surface area contributed by atoms with Crippen LogP contribution < -0.4 is 10.1 Å². The Bertz CT molecular complexity index is 671. The zero-order valence-electron chi connectivity index (χ0n) is 13.2. The van der Waals surface area contributed by atoms with E-state index in [1.807, 2.05) is 20.8 Å². The highest BCUT2D eigenvalue weighted by molar-refractivity contribution is 6.05. The first kappa shape index (κ1) is 16.9. The van der Waals surface area contributed by atoms with Crippen LogP contribution in [-0.4, -0.2) is 22.3 Å². The summed E-state index contributed by atoms with van der Waals surface area (Å²) in [6.45, 7) is 3.09. The molecule has 1 unspecified atom stereocenters. The minimum Gasteiger partial charge on any atom is -0.434 e. The molecule has 0 aliphatic heterocycles. The fourth-order valence-corrected chi connectivity index (χ4v) is 2.06. The molecule has 0 fully saturated rings. The van der Waals surface area contributed by atoms with Crippen molar-refractivity contribution >= 4 is 11.7 Å². The molecular weight excluding hydrogens is 304 g/mol. The van der Waals surface area contributed by atoms with Crippen LogP contribution >= 0.6 is 0 Å². The summed E-state index contributed by atoms with van der Waals surface area (Å²) >= 11 is 0. The van der Waals surface area contributed by atoms with E-state index in [0.717, 1.165) is 0 Å². The number of amides is 1. The zero-order chi connectivity index (χ0) is 17.0. The molecule has 0 saturated carbocycles. The number of hydrogen-bond donors (Lipinski definition) is 1. The molecule has 0 spiro atoms. The summed E-state index contributed by atoms with van der Waals surface area (Å²) in [6.07, 6.45) is 1.58. The average Bonchev–Trinajstić information content (AvgIpc) is 2.94. The van der Waals surface area contributed by atoms with Gasteiger partial charge >= 0.3 is 6.61 Å². The van der Waals surface area contributed by atoms with Gasteiger partial charge in [-0.2, -0.15) is 13.9 Å². The van der Waals surface area contributed by atoms with Crippen molar-refractivity contribution < 1.29 is 18.3 Å². The Morgan fingerprint density at radius 2 is 1.91 bits per heavy atom. The third-order valence-corrected chi connectivity index (χ3v) is 3.61. The number of carbonyl (C=O) groups is 1. The van der Waals surface area contributed by atoms with E-state index in [4.69, 9.17) is 0 Å². The van der Waals surface area contributed by atoms with Crippen LogP contribution in [0.25, 0.3) is 0 Å². The molecule has 23 heavy (non-hydrogen) atoms. The van der Waals surface area contributed by atoms with E-state index in [2.05, 4.69) is 15.2 Å². The fourth-order valence-electron chi connectivity index (χ4n) is 2.06. The molecule has 5 nitrogen and oxygen atoms in total. The van der Waals surface area contributed by atoms with E-state index in [1.54, 1.807) is 23.0 Å². The number of halogens is 2. The van der Waals surface area contributed by atoms with Crippen LogP contribution in [0.3, 0.4) is 0 Å². The van der Waals surface area contributed by atoms with Crippen molar-refractivity contribution in [3.63, 3.8) is 0 Å². The van der Waals surface area contributed by atoms with Gasteiger partial charge in [-0.1, -0.05) is 26.0 Å². The molecule has 0 radical (unpaired) electrons. The Kier molecular flexibility index (Phi) is 5.31. The van der Waals surface area contributed by atoms with Crippen molar-refractivity contribution in [1.29, 1.82) is 0 Å². The number of nitrogens with one attached hydrogen (secondary N) is 1. The van der Waals surface area contributed by atoms with Crippen molar-refractivity contribution in [1.82, 2.24) is 9.78 Å². The van der Waals surface area contributed by atoms with E-state index < -0.39 is 12.5 Å². The molecular formula is C16H19F2N3O2. The largest absolute Gasteiger partial charge is 0.434 e. The third kappa shape index (κ3) is 4.06. The van der Waals surface area contributed by atoms with E-state index in [0.29, 0.717) is 11.7 Å². The first-order chi connectivity index (χ1) is 10.9. The molecule has 0 bridgehead atoms. The van der Waals surface area contributed by atoms with E-state index in [9.17, 15) is 13.6 Å². The molecule has 1 aromatic heterocycles. The summed E-state index contributed by atoms with van der Waals surface area (Å²) in [5.74, 6) is 0.130. The van der Waals surface area contributed by atoms with Crippen LogP contribution in [0.2, 0.25) is 0 Å². The number of nitrogens with zero attached hydrogens (tertiary/aromatic N) is 2. The van der Waals surface area contributed by atoms with Crippen LogP contribution in [0, 0.1) is 5.92 Å². The lowest BCUT2D eigenvalue weighted by atomic mass is 10.1. The second kappa shape index (κ2) is 7.21. The van der Waals surface area contributed by atoms with Gasteiger partial charge in [-0.05, 0) is 25.0 Å². The number of carbonyl (C=O) groups excluding carboxylic acids is 1. The molecule has 7 heteroatoms. The Morgan fingerprint density at radius 3 is 2.57 bits per heavy atom. The number of hydrogen-bond acceptors (Lipinski definition) is 3. The van der Waals surface area contributed by atoms with Crippen LogP contribution in [0.15, 0.2) is 36.5 Å². The van der Waals surface area contributed by atoms with Gasteiger partial charge in [-0.3, -0.25) is 4.79 Å². The van der Waals surface area contributed by atoms with Crippen LogP contribution in [0.5, 0.6) is 5.75 Å². The molecule has 2 aromatic rings. The van der Waals surface area contributed by atoms with Gasteiger partial charge < -0.3 is 10.1 Å². The lowest BCUT2D eigenvalue weighted by Gasteiger charge is -2.19. The van der Waals surface area contributed by atoms with Gasteiger partial charge in [-0.15, -0.1) is 0 Å². The van der Waals surface area contributed by atoms with Gasteiger partial charge in [0.1, 0.15) is 11.6 Å². The molecule has 1 atom stereocenters. The molecule has 1 aromatic carbocycles. The lowest BCUT2D eigenvalue weighted by molar-refractivity contribution is -0.0501. The van der Waals surface area contributed by atoms with Gasteiger partial charge in [0.15, 0.2) is 0 Å². The van der Waals surface area contributed by atoms with Gasteiger partial charge in [0.05, 0.1) is 17.8 Å². The first-order valence-electron chi connectivity index (χ1n) is 7.29. The Labute approximate surface area is 133 Å². The molecule has 2 rings (SSSR count). The van der Waals surface area contributed by atoms with Crippen LogP contribution in [-0.2, 0) is 0 Å². The quantitative estimate of drug-likeness (QED) is 0.875. The fraction of sp³-hybridized carbons (Fsp3) is 0.375. The lowest BCUT2D eigenvalue weighted by Crippen LogP contribution is -2.20. The van der Waals surface area contributed by atoms with E-state index in [1.165, 1.54) is 18.2 Å². The number of alkyl halides is 2. The summed E-state index contributed by atoms with van der Waals surface area (Å²) in [5.41, 5.74) is 0.0396. The van der Waals surface area contributed by atoms with Crippen molar-refractivity contribution in [3.8, 4) is 5.75 Å². The minimum absolute atomic E-state index is 0.0396. The molecule has 0 aliphatic carbocycles. The topological polar surface area (TPSA) is 56.2 Å². The predicted octanol–water partition coefficient (Wildman–Crippen LogP) is 3.95. The molecule has 0 aliphatic rings. The summed E-state index contributed by atoms with van der Waals surface area (Å²) < 4.78 is 30.9. The number of para-hydroxylation sites is 1. The van der Waals surface area contributed by atoms with Crippen molar-refractivity contribution in [2.45, 2.75) is 33.4 Å². The Balaban J connectivity index is 2.22. The Morgan fingerprint density at radius 1 is 1.22 bits per heavy atom. The Hall–Kier alpha value is -2.44. The maximum atomic E-state index is 12.4. The predicted molar refractivity (Wildman–Crippen MR) is 82.8 cm³/mol. The summed E-state index contributed by atoms with van der Waals surface area (Å²) in [5, 5.41) is 6.90. The van der Waals surface area contributed by atoms with Crippen LogP contribution in [0.1, 0.15) is 37.2 Å². The van der Waals surface area contributed by atoms with E-state index >= 15 is 0 Å². The van der Waals surface area contributed by atoms with Gasteiger partial charge in [0, 0.05) is 6.07 Å². The monoisotopic (exact) mass is 323 g/mol. The summed E-state index contributed by atoms with van der Waals surface area (Å²) in [7, 11) is 0. The molecule has 124 valence electrons. The minimum atomic E-state index is -2.99. The highest BCUT2D eigenvalue weighted by Gasteiger charge is 2.19. The second-order valence-corrected chi connectivity index (χ2v) is 5.47. The number of anilines is 1. The third-order valence-electron chi connectivity index (χ3n) is 3.61. The maximum Gasteiger partial charge on any atom is 0.387 e. The molecule has 1 amide bonds. The number of ether oxygens (including phenoxy) is 1. The molecule has 1 heterocycles. The first-order valence-corrected chi connectivity index (χ1v) is 7.29. The second-order valence-electron chi connectivity index (χ2n) is 5.47. The number of aromatic nitrogens is 2. The number of benzene rings is 1. The highest BCUT2D eigenvalue weighted by Crippen LogP contribution is 2.24. The SMILES string of the molecule is CC(C)C(C)n1nccc1NC(=O)c1ccccc1OC(F)F. The van der Waals surface area contributed by atoms with Gasteiger partial charge in [0.25, 0.3) is 5.91 Å². The van der Waals surface area contributed by atoms with Crippen molar-refractivity contribution in [3.05, 3.63) is 42.1 Å². The van der Waals surface area contributed by atoms with Crippen molar-refractivity contribution in [2.24, 2.45) is 5.92 Å².